The Labute approximate surface area is 119 Å². The van der Waals surface area contributed by atoms with Crippen LogP contribution in [0, 0.1) is 5.92 Å². The van der Waals surface area contributed by atoms with E-state index < -0.39 is 29.5 Å². The van der Waals surface area contributed by atoms with Crippen LogP contribution < -0.4 is 5.32 Å². The number of carbonyl (C=O) groups is 3. The third kappa shape index (κ3) is 3.27. The van der Waals surface area contributed by atoms with Crippen LogP contribution in [0.15, 0.2) is 0 Å². The maximum atomic E-state index is 12.8. The normalized spacial score (nSPS) is 22.3. The molecule has 0 radical (unpaired) electrons. The summed E-state index contributed by atoms with van der Waals surface area (Å²) < 4.78 is 38.4. The van der Waals surface area contributed by atoms with E-state index in [9.17, 15) is 27.6 Å². The zero-order chi connectivity index (χ0) is 16.6. The summed E-state index contributed by atoms with van der Waals surface area (Å²) in [4.78, 5) is 35.7. The van der Waals surface area contributed by atoms with Gasteiger partial charge in [-0.3, -0.25) is 9.59 Å². The molecule has 1 saturated heterocycles. The Morgan fingerprint density at radius 1 is 1.38 bits per heavy atom. The number of hydrogen-bond donors (Lipinski definition) is 2. The van der Waals surface area contributed by atoms with E-state index in [1.54, 1.807) is 13.8 Å². The van der Waals surface area contributed by atoms with Crippen LogP contribution in [0.1, 0.15) is 27.2 Å². The highest BCUT2D eigenvalue weighted by Crippen LogP contribution is 2.31. The Hall–Kier alpha value is -1.80. The van der Waals surface area contributed by atoms with Crippen molar-refractivity contribution in [2.45, 2.75) is 44.9 Å². The number of rotatable bonds is 4. The van der Waals surface area contributed by atoms with Crippen LogP contribution in [0.4, 0.5) is 13.2 Å². The Balaban J connectivity index is 2.86. The van der Waals surface area contributed by atoms with Gasteiger partial charge in [0.15, 0.2) is 0 Å². The first-order valence-corrected chi connectivity index (χ1v) is 6.31. The molecule has 1 rings (SSSR count). The number of nitrogens with one attached hydrogen (secondary N) is 1. The molecule has 0 spiro atoms. The van der Waals surface area contributed by atoms with Crippen molar-refractivity contribution in [2.24, 2.45) is 5.92 Å². The quantitative estimate of drug-likeness (QED) is 0.803. The van der Waals surface area contributed by atoms with E-state index in [0.717, 1.165) is 0 Å². The molecule has 0 aromatic heterocycles. The van der Waals surface area contributed by atoms with Crippen LogP contribution in [0.2, 0.25) is 0 Å². The molecule has 1 aliphatic rings. The van der Waals surface area contributed by atoms with E-state index in [4.69, 9.17) is 5.11 Å². The number of aliphatic carboxylic acids is 1. The lowest BCUT2D eigenvalue weighted by Crippen LogP contribution is -2.63. The molecule has 2 N–H and O–H groups in total. The second-order valence-corrected chi connectivity index (χ2v) is 5.46. The molecule has 0 saturated carbocycles. The number of hydrogen-bond acceptors (Lipinski definition) is 3. The lowest BCUT2D eigenvalue weighted by molar-refractivity contribution is -0.207. The minimum atomic E-state index is -5.14. The maximum absolute atomic E-state index is 12.8. The first-order valence-electron chi connectivity index (χ1n) is 6.31. The summed E-state index contributed by atoms with van der Waals surface area (Å²) in [6.45, 7) is 3.80. The van der Waals surface area contributed by atoms with Crippen LogP contribution in [-0.4, -0.2) is 52.1 Å². The monoisotopic (exact) mass is 310 g/mol. The second kappa shape index (κ2) is 5.53. The topological polar surface area (TPSA) is 86.7 Å². The molecule has 2 unspecified atom stereocenters. The second-order valence-electron chi connectivity index (χ2n) is 5.46. The summed E-state index contributed by atoms with van der Waals surface area (Å²) in [5, 5.41) is 10.3. The summed E-state index contributed by atoms with van der Waals surface area (Å²) in [5.41, 5.74) is -3.38. The molecule has 2 atom stereocenters. The first-order chi connectivity index (χ1) is 9.40. The SMILES string of the molecule is CC(C)N1CC(C(=O)NC(C)(C(=O)O)C(F)(F)F)CC1=O. The number of carboxylic acids is 1. The highest BCUT2D eigenvalue weighted by atomic mass is 19.4. The molecule has 9 heteroatoms. The fraction of sp³-hybridized carbons (Fsp3) is 0.750. The van der Waals surface area contributed by atoms with E-state index in [1.807, 2.05) is 0 Å². The molecular weight excluding hydrogens is 293 g/mol. The average Bonchev–Trinajstić information content (AvgIpc) is 2.69. The summed E-state index contributed by atoms with van der Waals surface area (Å²) in [6.07, 6.45) is -5.37. The number of amides is 2. The lowest BCUT2D eigenvalue weighted by Gasteiger charge is -2.29. The van der Waals surface area contributed by atoms with Crippen LogP contribution in [0.25, 0.3) is 0 Å². The van der Waals surface area contributed by atoms with E-state index in [1.165, 1.54) is 10.2 Å². The third-order valence-electron chi connectivity index (χ3n) is 3.52. The van der Waals surface area contributed by atoms with Crippen molar-refractivity contribution in [3.8, 4) is 0 Å². The Bertz CT molecular complexity index is 464. The van der Waals surface area contributed by atoms with Crippen LogP contribution >= 0.6 is 0 Å². The van der Waals surface area contributed by atoms with Gasteiger partial charge in [0.1, 0.15) is 0 Å². The Morgan fingerprint density at radius 3 is 2.24 bits per heavy atom. The molecule has 120 valence electrons. The van der Waals surface area contributed by atoms with Gasteiger partial charge >= 0.3 is 12.1 Å². The van der Waals surface area contributed by atoms with Gasteiger partial charge < -0.3 is 15.3 Å². The molecule has 0 aromatic rings. The molecule has 0 bridgehead atoms. The lowest BCUT2D eigenvalue weighted by atomic mass is 9.99. The van der Waals surface area contributed by atoms with Crippen LogP contribution in [-0.2, 0) is 14.4 Å². The van der Waals surface area contributed by atoms with Gasteiger partial charge in [-0.05, 0) is 20.8 Å². The Morgan fingerprint density at radius 2 is 1.90 bits per heavy atom. The molecule has 21 heavy (non-hydrogen) atoms. The number of halogens is 3. The zero-order valence-corrected chi connectivity index (χ0v) is 11.8. The molecular formula is C12H17F3N2O4. The third-order valence-corrected chi connectivity index (χ3v) is 3.52. The van der Waals surface area contributed by atoms with Crippen molar-refractivity contribution < 1.29 is 32.7 Å². The van der Waals surface area contributed by atoms with Gasteiger partial charge in [-0.2, -0.15) is 13.2 Å². The van der Waals surface area contributed by atoms with Crippen molar-refractivity contribution in [3.05, 3.63) is 0 Å². The van der Waals surface area contributed by atoms with Gasteiger partial charge in [0.2, 0.25) is 17.4 Å². The molecule has 6 nitrogen and oxygen atoms in total. The minimum absolute atomic E-state index is 0.0180. The highest BCUT2D eigenvalue weighted by molar-refractivity contribution is 5.93. The molecule has 1 aliphatic heterocycles. The Kier molecular flexibility index (Phi) is 4.54. The number of nitrogens with zero attached hydrogens (tertiary/aromatic N) is 1. The van der Waals surface area contributed by atoms with Gasteiger partial charge in [0.05, 0.1) is 5.92 Å². The minimum Gasteiger partial charge on any atom is -0.479 e. The van der Waals surface area contributed by atoms with Crippen LogP contribution in [0.5, 0.6) is 0 Å². The largest absolute Gasteiger partial charge is 0.479 e. The van der Waals surface area contributed by atoms with Crippen LogP contribution in [0.3, 0.4) is 0 Å². The van der Waals surface area contributed by atoms with Gasteiger partial charge in [0.25, 0.3) is 0 Å². The van der Waals surface area contributed by atoms with Gasteiger partial charge in [0, 0.05) is 19.0 Å². The standard InChI is InChI=1S/C12H17F3N2O4/c1-6(2)17-5-7(4-8(17)18)9(19)16-11(3,10(20)21)12(13,14)15/h6-7H,4-5H2,1-3H3,(H,16,19)(H,20,21). The highest BCUT2D eigenvalue weighted by Gasteiger charge is 2.59. The molecule has 0 aromatic carbocycles. The average molecular weight is 310 g/mol. The molecule has 2 amide bonds. The number of carboxylic acid groups (broad SMARTS) is 1. The van der Waals surface area contributed by atoms with Gasteiger partial charge in [-0.25, -0.2) is 4.79 Å². The molecule has 1 heterocycles. The van der Waals surface area contributed by atoms with Gasteiger partial charge in [-0.15, -0.1) is 0 Å². The van der Waals surface area contributed by atoms with Crippen molar-refractivity contribution >= 4 is 17.8 Å². The smallest absolute Gasteiger partial charge is 0.422 e. The summed E-state index contributed by atoms with van der Waals surface area (Å²) in [6, 6.07) is -0.177. The fourth-order valence-electron chi connectivity index (χ4n) is 2.00. The first kappa shape index (κ1) is 17.3. The maximum Gasteiger partial charge on any atom is 0.422 e. The van der Waals surface area contributed by atoms with Gasteiger partial charge in [-0.1, -0.05) is 0 Å². The van der Waals surface area contributed by atoms with E-state index in [-0.39, 0.29) is 24.9 Å². The molecule has 0 aliphatic carbocycles. The van der Waals surface area contributed by atoms with E-state index in [0.29, 0.717) is 6.92 Å². The number of alkyl halides is 3. The van der Waals surface area contributed by atoms with Crippen molar-refractivity contribution in [3.63, 3.8) is 0 Å². The van der Waals surface area contributed by atoms with E-state index >= 15 is 0 Å². The van der Waals surface area contributed by atoms with E-state index in [2.05, 4.69) is 0 Å². The summed E-state index contributed by atoms with van der Waals surface area (Å²) in [5.74, 6) is -4.61. The summed E-state index contributed by atoms with van der Waals surface area (Å²) in [7, 11) is 0. The van der Waals surface area contributed by atoms with Crippen molar-refractivity contribution in [1.29, 1.82) is 0 Å². The van der Waals surface area contributed by atoms with Crippen molar-refractivity contribution in [1.82, 2.24) is 10.2 Å². The number of carbonyl (C=O) groups excluding carboxylic acids is 2. The number of likely N-dealkylation sites (tertiary alicyclic amines) is 1. The van der Waals surface area contributed by atoms with Crippen molar-refractivity contribution in [2.75, 3.05) is 6.54 Å². The predicted molar refractivity (Wildman–Crippen MR) is 65.2 cm³/mol. The fourth-order valence-corrected chi connectivity index (χ4v) is 2.00. The summed E-state index contributed by atoms with van der Waals surface area (Å²) >= 11 is 0. The predicted octanol–water partition coefficient (Wildman–Crippen LogP) is 0.765. The molecule has 1 fully saturated rings. The zero-order valence-electron chi connectivity index (χ0n) is 11.8.